The van der Waals surface area contributed by atoms with Crippen LogP contribution in [0.25, 0.3) is 0 Å². The molecule has 0 atom stereocenters. The van der Waals surface area contributed by atoms with E-state index in [1.165, 1.54) is 44.9 Å². The fourth-order valence-electron chi connectivity index (χ4n) is 4.01. The third-order valence-corrected chi connectivity index (χ3v) is 5.60. The van der Waals surface area contributed by atoms with Gasteiger partial charge in [0.2, 0.25) is 0 Å². The lowest BCUT2D eigenvalue weighted by atomic mass is 9.69. The van der Waals surface area contributed by atoms with Crippen LogP contribution in [-0.4, -0.2) is 9.78 Å². The van der Waals surface area contributed by atoms with Gasteiger partial charge in [-0.15, -0.1) is 0 Å². The van der Waals surface area contributed by atoms with Crippen molar-refractivity contribution < 1.29 is 0 Å². The van der Waals surface area contributed by atoms with E-state index in [1.807, 2.05) is 0 Å². The van der Waals surface area contributed by atoms with Crippen molar-refractivity contribution in [3.05, 3.63) is 18.0 Å². The molecule has 3 rings (SSSR count). The molecule has 0 radical (unpaired) electrons. The number of rotatable bonds is 3. The number of aromatic nitrogens is 2. The summed E-state index contributed by atoms with van der Waals surface area (Å²) in [7, 11) is 0. The van der Waals surface area contributed by atoms with Crippen LogP contribution in [0.5, 0.6) is 0 Å². The van der Waals surface area contributed by atoms with E-state index in [4.69, 9.17) is 5.10 Å². The minimum atomic E-state index is -0.155. The van der Waals surface area contributed by atoms with E-state index in [0.717, 1.165) is 30.9 Å². The van der Waals surface area contributed by atoms with Crippen molar-refractivity contribution in [2.45, 2.75) is 77.2 Å². The Kier molecular flexibility index (Phi) is 4.33. The first-order valence-corrected chi connectivity index (χ1v) is 8.66. The van der Waals surface area contributed by atoms with E-state index in [-0.39, 0.29) is 5.41 Å². The van der Waals surface area contributed by atoms with E-state index in [0.29, 0.717) is 6.04 Å². The Morgan fingerprint density at radius 1 is 1.24 bits per heavy atom. The molecule has 2 saturated carbocycles. The summed E-state index contributed by atoms with van der Waals surface area (Å²) in [5.74, 6) is 0.784. The summed E-state index contributed by atoms with van der Waals surface area (Å²) in [5, 5.41) is 14.5. The summed E-state index contributed by atoms with van der Waals surface area (Å²) in [5.41, 5.74) is 0.967. The van der Waals surface area contributed by atoms with Gasteiger partial charge in [0.15, 0.2) is 0 Å². The number of hydrogen-bond acceptors (Lipinski definition) is 2. The van der Waals surface area contributed by atoms with Crippen LogP contribution >= 0.6 is 0 Å². The molecule has 0 saturated heterocycles. The van der Waals surface area contributed by atoms with Crippen molar-refractivity contribution in [2.75, 3.05) is 0 Å². The molecule has 1 heterocycles. The lowest BCUT2D eigenvalue weighted by Gasteiger charge is -2.33. The normalized spacial score (nSPS) is 31.0. The van der Waals surface area contributed by atoms with Gasteiger partial charge in [-0.3, -0.25) is 4.68 Å². The van der Waals surface area contributed by atoms with Crippen molar-refractivity contribution in [3.63, 3.8) is 0 Å². The first kappa shape index (κ1) is 14.6. The largest absolute Gasteiger partial charge is 0.269 e. The van der Waals surface area contributed by atoms with E-state index in [9.17, 15) is 5.26 Å². The number of nitrogens with zero attached hydrogens (tertiary/aromatic N) is 3. The first-order chi connectivity index (χ1) is 10.2. The van der Waals surface area contributed by atoms with Crippen molar-refractivity contribution in [1.82, 2.24) is 9.78 Å². The average molecular weight is 285 g/mol. The molecule has 3 heteroatoms. The summed E-state index contributed by atoms with van der Waals surface area (Å²) < 4.78 is 2.17. The van der Waals surface area contributed by atoms with Crippen LogP contribution in [0.2, 0.25) is 0 Å². The van der Waals surface area contributed by atoms with E-state index in [1.54, 1.807) is 0 Å². The molecule has 3 nitrogen and oxygen atoms in total. The van der Waals surface area contributed by atoms with Crippen LogP contribution in [0, 0.1) is 22.7 Å². The standard InChI is InChI=1S/C18H27N3/c1-15-7-10-18(14-19,11-8-15)13-16-9-12-21(20-16)17-5-3-2-4-6-17/h9,12,15,17H,2-8,10-11,13H2,1H3. The molecule has 114 valence electrons. The van der Waals surface area contributed by atoms with Crippen LogP contribution in [-0.2, 0) is 6.42 Å². The third-order valence-electron chi connectivity index (χ3n) is 5.60. The smallest absolute Gasteiger partial charge is 0.0693 e. The molecule has 0 bridgehead atoms. The average Bonchev–Trinajstić information content (AvgIpc) is 2.99. The van der Waals surface area contributed by atoms with Crippen LogP contribution in [0.1, 0.15) is 76.4 Å². The molecule has 1 aromatic rings. The van der Waals surface area contributed by atoms with Crippen molar-refractivity contribution in [3.8, 4) is 6.07 Å². The molecule has 2 fully saturated rings. The van der Waals surface area contributed by atoms with Crippen molar-refractivity contribution in [1.29, 1.82) is 5.26 Å². The van der Waals surface area contributed by atoms with Gasteiger partial charge in [0.1, 0.15) is 0 Å². The topological polar surface area (TPSA) is 41.6 Å². The van der Waals surface area contributed by atoms with E-state index >= 15 is 0 Å². The van der Waals surface area contributed by atoms with Gasteiger partial charge in [0.05, 0.1) is 23.2 Å². The Labute approximate surface area is 128 Å². The molecule has 0 spiro atoms. The predicted octanol–water partition coefficient (Wildman–Crippen LogP) is 4.65. The highest BCUT2D eigenvalue weighted by molar-refractivity contribution is 5.11. The van der Waals surface area contributed by atoms with E-state index < -0.39 is 0 Å². The highest BCUT2D eigenvalue weighted by Crippen LogP contribution is 2.40. The Morgan fingerprint density at radius 2 is 1.95 bits per heavy atom. The van der Waals surface area contributed by atoms with Crippen molar-refractivity contribution >= 4 is 0 Å². The molecule has 0 N–H and O–H groups in total. The zero-order chi connectivity index (χ0) is 14.7. The molecule has 0 amide bonds. The SMILES string of the molecule is CC1CCC(C#N)(Cc2ccn(C3CCCCC3)n2)CC1. The lowest BCUT2D eigenvalue weighted by Crippen LogP contribution is -2.28. The molecular formula is C18H27N3. The number of nitriles is 1. The minimum Gasteiger partial charge on any atom is -0.269 e. The number of hydrogen-bond donors (Lipinski definition) is 0. The van der Waals surface area contributed by atoms with Gasteiger partial charge < -0.3 is 0 Å². The Morgan fingerprint density at radius 3 is 2.62 bits per heavy atom. The van der Waals surface area contributed by atoms with Gasteiger partial charge in [-0.05, 0) is 50.5 Å². The highest BCUT2D eigenvalue weighted by Gasteiger charge is 2.35. The van der Waals surface area contributed by atoms with Gasteiger partial charge in [0, 0.05) is 12.6 Å². The molecule has 0 aromatic carbocycles. The molecule has 1 aromatic heterocycles. The maximum absolute atomic E-state index is 9.66. The Balaban J connectivity index is 1.67. The van der Waals surface area contributed by atoms with Gasteiger partial charge in [0.25, 0.3) is 0 Å². The molecule has 0 aliphatic heterocycles. The molecule has 2 aliphatic carbocycles. The highest BCUT2D eigenvalue weighted by atomic mass is 15.3. The first-order valence-electron chi connectivity index (χ1n) is 8.66. The van der Waals surface area contributed by atoms with Crippen LogP contribution in [0.3, 0.4) is 0 Å². The predicted molar refractivity (Wildman–Crippen MR) is 83.7 cm³/mol. The van der Waals surface area contributed by atoms with Gasteiger partial charge in [-0.25, -0.2) is 0 Å². The summed E-state index contributed by atoms with van der Waals surface area (Å²) >= 11 is 0. The van der Waals surface area contributed by atoms with Gasteiger partial charge in [-0.1, -0.05) is 26.2 Å². The minimum absolute atomic E-state index is 0.155. The summed E-state index contributed by atoms with van der Waals surface area (Å²) in [6.45, 7) is 2.30. The molecule has 2 aliphatic rings. The summed E-state index contributed by atoms with van der Waals surface area (Å²) in [4.78, 5) is 0. The maximum Gasteiger partial charge on any atom is 0.0693 e. The Hall–Kier alpha value is -1.30. The van der Waals surface area contributed by atoms with Crippen molar-refractivity contribution in [2.24, 2.45) is 11.3 Å². The second-order valence-corrected chi connectivity index (χ2v) is 7.33. The second kappa shape index (κ2) is 6.22. The van der Waals surface area contributed by atoms with Crippen LogP contribution in [0.4, 0.5) is 0 Å². The Bertz CT molecular complexity index is 497. The molecular weight excluding hydrogens is 258 g/mol. The fraction of sp³-hybridized carbons (Fsp3) is 0.778. The van der Waals surface area contributed by atoms with Crippen LogP contribution < -0.4 is 0 Å². The third kappa shape index (κ3) is 3.31. The second-order valence-electron chi connectivity index (χ2n) is 7.33. The van der Waals surface area contributed by atoms with Gasteiger partial charge >= 0.3 is 0 Å². The van der Waals surface area contributed by atoms with E-state index in [2.05, 4.69) is 29.9 Å². The zero-order valence-electron chi connectivity index (χ0n) is 13.2. The molecule has 0 unspecified atom stereocenters. The quantitative estimate of drug-likeness (QED) is 0.811. The van der Waals surface area contributed by atoms with Crippen LogP contribution in [0.15, 0.2) is 12.3 Å². The molecule has 21 heavy (non-hydrogen) atoms. The maximum atomic E-state index is 9.66. The fourth-order valence-corrected chi connectivity index (χ4v) is 4.01. The zero-order valence-corrected chi connectivity index (χ0v) is 13.2. The monoisotopic (exact) mass is 285 g/mol. The summed E-state index contributed by atoms with van der Waals surface area (Å²) in [6.07, 6.45) is 14.0. The lowest BCUT2D eigenvalue weighted by molar-refractivity contribution is 0.216. The summed E-state index contributed by atoms with van der Waals surface area (Å²) in [6, 6.07) is 5.36. The van der Waals surface area contributed by atoms with Gasteiger partial charge in [-0.2, -0.15) is 10.4 Å².